The number of rotatable bonds is 8. The van der Waals surface area contributed by atoms with Crippen LogP contribution >= 0.6 is 11.6 Å². The molecule has 3 aromatic carbocycles. The molecule has 0 fully saturated rings. The molecule has 0 saturated carbocycles. The average molecular weight is 413 g/mol. The molecular weight excluding hydrogens is 395 g/mol. The average Bonchev–Trinajstić information content (AvgIpc) is 2.74. The van der Waals surface area contributed by atoms with Gasteiger partial charge in [-0.3, -0.25) is 4.79 Å². The van der Waals surface area contributed by atoms with Gasteiger partial charge in [0.25, 0.3) is 5.91 Å². The van der Waals surface area contributed by atoms with Gasteiger partial charge in [0.2, 0.25) is 0 Å². The Morgan fingerprint density at radius 2 is 1.69 bits per heavy atom. The molecule has 3 rings (SSSR count). The number of hydrazone groups is 1. The number of carbonyl (C=O) groups is 1. The van der Waals surface area contributed by atoms with E-state index in [0.717, 1.165) is 12.0 Å². The van der Waals surface area contributed by atoms with Crippen molar-refractivity contribution in [1.29, 1.82) is 0 Å². The summed E-state index contributed by atoms with van der Waals surface area (Å²) in [6.45, 7) is 0.581. The van der Waals surface area contributed by atoms with Crippen molar-refractivity contribution in [3.05, 3.63) is 94.8 Å². The molecule has 3 aromatic rings. The topological polar surface area (TPSA) is 59.9 Å². The van der Waals surface area contributed by atoms with E-state index in [1.165, 1.54) is 18.2 Å². The van der Waals surface area contributed by atoms with Crippen LogP contribution in [-0.4, -0.2) is 25.3 Å². The Morgan fingerprint density at radius 1 is 0.966 bits per heavy atom. The standard InChI is InChI=1S/C22H18ClFN2O3/c23-19-10-6-11-20(24)18(19)15-25-26-22(27)17-9-4-5-12-21(17)29-14-13-28-16-7-2-1-3-8-16/h1-12,15H,13-14H2,(H,26,27)/b25-15-. The molecule has 1 N–H and O–H groups in total. The number of ether oxygens (including phenoxy) is 2. The van der Waals surface area contributed by atoms with E-state index in [1.54, 1.807) is 24.3 Å². The molecule has 0 saturated heterocycles. The minimum atomic E-state index is -0.530. The number of nitrogens with one attached hydrogen (secondary N) is 1. The molecule has 0 bridgehead atoms. The predicted octanol–water partition coefficient (Wildman–Crippen LogP) is 4.70. The van der Waals surface area contributed by atoms with Crippen LogP contribution in [0, 0.1) is 5.82 Å². The summed E-state index contributed by atoms with van der Waals surface area (Å²) < 4.78 is 25.0. The lowest BCUT2D eigenvalue weighted by Crippen LogP contribution is -2.19. The van der Waals surface area contributed by atoms with Crippen LogP contribution in [0.5, 0.6) is 11.5 Å². The normalized spacial score (nSPS) is 10.7. The molecule has 0 aromatic heterocycles. The quantitative estimate of drug-likeness (QED) is 0.331. The third-order valence-electron chi connectivity index (χ3n) is 3.84. The Hall–Kier alpha value is -3.38. The predicted molar refractivity (Wildman–Crippen MR) is 110 cm³/mol. The smallest absolute Gasteiger partial charge is 0.275 e. The molecule has 29 heavy (non-hydrogen) atoms. The molecule has 5 nitrogen and oxygen atoms in total. The zero-order valence-corrected chi connectivity index (χ0v) is 16.1. The van der Waals surface area contributed by atoms with E-state index in [2.05, 4.69) is 10.5 Å². The minimum Gasteiger partial charge on any atom is -0.490 e. The first-order valence-electron chi connectivity index (χ1n) is 8.82. The Morgan fingerprint density at radius 3 is 2.48 bits per heavy atom. The summed E-state index contributed by atoms with van der Waals surface area (Å²) in [4.78, 5) is 12.4. The molecule has 7 heteroatoms. The van der Waals surface area contributed by atoms with E-state index in [0.29, 0.717) is 17.9 Å². The molecule has 0 aliphatic heterocycles. The second-order valence-corrected chi connectivity index (χ2v) is 6.25. The van der Waals surface area contributed by atoms with Gasteiger partial charge in [-0.2, -0.15) is 5.10 Å². The zero-order chi connectivity index (χ0) is 20.5. The number of benzene rings is 3. The maximum Gasteiger partial charge on any atom is 0.275 e. The van der Waals surface area contributed by atoms with Crippen molar-refractivity contribution in [2.45, 2.75) is 0 Å². The van der Waals surface area contributed by atoms with Crippen LogP contribution in [0.4, 0.5) is 4.39 Å². The maximum atomic E-state index is 13.7. The number of para-hydroxylation sites is 2. The zero-order valence-electron chi connectivity index (χ0n) is 15.3. The summed E-state index contributed by atoms with van der Waals surface area (Å²) in [5.41, 5.74) is 2.74. The van der Waals surface area contributed by atoms with E-state index in [9.17, 15) is 9.18 Å². The molecule has 0 unspecified atom stereocenters. The van der Waals surface area contributed by atoms with Crippen molar-refractivity contribution in [3.63, 3.8) is 0 Å². The lowest BCUT2D eigenvalue weighted by atomic mass is 10.2. The fourth-order valence-electron chi connectivity index (χ4n) is 2.46. The van der Waals surface area contributed by atoms with E-state index in [4.69, 9.17) is 21.1 Å². The van der Waals surface area contributed by atoms with Crippen LogP contribution < -0.4 is 14.9 Å². The number of halogens is 2. The molecule has 148 valence electrons. The number of nitrogens with zero attached hydrogens (tertiary/aromatic N) is 1. The van der Waals surface area contributed by atoms with Crippen LogP contribution in [0.1, 0.15) is 15.9 Å². The molecule has 1 amide bonds. The highest BCUT2D eigenvalue weighted by molar-refractivity contribution is 6.33. The lowest BCUT2D eigenvalue weighted by molar-refractivity contribution is 0.0950. The lowest BCUT2D eigenvalue weighted by Gasteiger charge is -2.11. The molecule has 0 radical (unpaired) electrons. The van der Waals surface area contributed by atoms with E-state index < -0.39 is 11.7 Å². The molecular formula is C22H18ClFN2O3. The van der Waals surface area contributed by atoms with E-state index in [-0.39, 0.29) is 17.2 Å². The Balaban J connectivity index is 1.57. The first-order valence-corrected chi connectivity index (χ1v) is 9.20. The van der Waals surface area contributed by atoms with Gasteiger partial charge in [0.1, 0.15) is 30.5 Å². The summed E-state index contributed by atoms with van der Waals surface area (Å²) >= 11 is 5.93. The van der Waals surface area contributed by atoms with Crippen LogP contribution in [0.3, 0.4) is 0 Å². The third-order valence-corrected chi connectivity index (χ3v) is 4.17. The van der Waals surface area contributed by atoms with Gasteiger partial charge in [-0.15, -0.1) is 0 Å². The molecule has 0 spiro atoms. The van der Waals surface area contributed by atoms with Crippen molar-refractivity contribution in [1.82, 2.24) is 5.43 Å². The van der Waals surface area contributed by atoms with Gasteiger partial charge in [0.05, 0.1) is 16.8 Å². The van der Waals surface area contributed by atoms with Gasteiger partial charge in [-0.25, -0.2) is 9.82 Å². The van der Waals surface area contributed by atoms with Gasteiger partial charge in [0, 0.05) is 5.56 Å². The van der Waals surface area contributed by atoms with Crippen LogP contribution in [0.25, 0.3) is 0 Å². The highest BCUT2D eigenvalue weighted by atomic mass is 35.5. The first-order chi connectivity index (χ1) is 14.1. The maximum absolute atomic E-state index is 13.7. The van der Waals surface area contributed by atoms with Gasteiger partial charge >= 0.3 is 0 Å². The Labute approximate surface area is 172 Å². The summed E-state index contributed by atoms with van der Waals surface area (Å²) in [6, 6.07) is 20.4. The first kappa shape index (κ1) is 20.4. The van der Waals surface area contributed by atoms with Gasteiger partial charge in [-0.1, -0.05) is 48.0 Å². The largest absolute Gasteiger partial charge is 0.490 e. The Kier molecular flexibility index (Phi) is 7.19. The van der Waals surface area contributed by atoms with Gasteiger partial charge < -0.3 is 9.47 Å². The van der Waals surface area contributed by atoms with Gasteiger partial charge in [-0.05, 0) is 36.4 Å². The van der Waals surface area contributed by atoms with Gasteiger partial charge in [0.15, 0.2) is 0 Å². The van der Waals surface area contributed by atoms with Crippen LogP contribution in [0.2, 0.25) is 5.02 Å². The third kappa shape index (κ3) is 5.80. The van der Waals surface area contributed by atoms with Crippen LogP contribution in [-0.2, 0) is 0 Å². The number of hydrogen-bond acceptors (Lipinski definition) is 4. The summed E-state index contributed by atoms with van der Waals surface area (Å²) in [5, 5.41) is 3.99. The van der Waals surface area contributed by atoms with Crippen molar-refractivity contribution < 1.29 is 18.7 Å². The van der Waals surface area contributed by atoms with Crippen molar-refractivity contribution in [2.75, 3.05) is 13.2 Å². The summed E-state index contributed by atoms with van der Waals surface area (Å²) in [7, 11) is 0. The molecule has 0 aliphatic carbocycles. The minimum absolute atomic E-state index is 0.0945. The fourth-order valence-corrected chi connectivity index (χ4v) is 2.67. The summed E-state index contributed by atoms with van der Waals surface area (Å²) in [5.74, 6) is 0.106. The Bertz CT molecular complexity index is 976. The number of carbonyl (C=O) groups excluding carboxylic acids is 1. The van der Waals surface area contributed by atoms with Crippen molar-refractivity contribution in [3.8, 4) is 11.5 Å². The second-order valence-electron chi connectivity index (χ2n) is 5.84. The molecule has 0 atom stereocenters. The molecule has 0 heterocycles. The van der Waals surface area contributed by atoms with E-state index >= 15 is 0 Å². The SMILES string of the molecule is O=C(N/N=C\c1c(F)cccc1Cl)c1ccccc1OCCOc1ccccc1. The highest BCUT2D eigenvalue weighted by Crippen LogP contribution is 2.19. The molecule has 0 aliphatic rings. The fraction of sp³-hybridized carbons (Fsp3) is 0.0909. The monoisotopic (exact) mass is 412 g/mol. The van der Waals surface area contributed by atoms with Crippen LogP contribution in [0.15, 0.2) is 77.9 Å². The highest BCUT2D eigenvalue weighted by Gasteiger charge is 2.12. The summed E-state index contributed by atoms with van der Waals surface area (Å²) in [6.07, 6.45) is 1.16. The number of amides is 1. The second kappa shape index (κ2) is 10.2. The van der Waals surface area contributed by atoms with Crippen molar-refractivity contribution in [2.24, 2.45) is 5.10 Å². The van der Waals surface area contributed by atoms with Crippen molar-refractivity contribution >= 4 is 23.7 Å². The van der Waals surface area contributed by atoms with E-state index in [1.807, 2.05) is 30.3 Å². The number of hydrogen-bond donors (Lipinski definition) is 1.